The average molecular weight is 583 g/mol. The second-order valence-corrected chi connectivity index (χ2v) is 10.0. The number of carbonyl (C=O) groups is 2. The van der Waals surface area contributed by atoms with Crippen LogP contribution in [0, 0.1) is 6.92 Å². The summed E-state index contributed by atoms with van der Waals surface area (Å²) in [5, 5.41) is 57.5. The molecule has 3 heterocycles. The fraction of sp³-hybridized carbons (Fsp3) is 0.577. The van der Waals surface area contributed by atoms with Gasteiger partial charge in [-0.3, -0.25) is 9.59 Å². The molecule has 0 bridgehead atoms. The van der Waals surface area contributed by atoms with Gasteiger partial charge in [0.1, 0.15) is 60.0 Å². The van der Waals surface area contributed by atoms with Gasteiger partial charge in [-0.2, -0.15) is 0 Å². The SMILES string of the molecule is CC(=O)N[C@H]1[C@H](O[C@H]2[C@H](O)[C@@H](NC(C)=O)C(Oc3ccc4c(C)cc(=O)oc4c3)O[C@@H]2CO)O[C@H](CO)[C@@H](O)[C@@H]1O. The van der Waals surface area contributed by atoms with Crippen LogP contribution in [-0.4, -0.2) is 112 Å². The van der Waals surface area contributed by atoms with Gasteiger partial charge < -0.3 is 59.5 Å². The van der Waals surface area contributed by atoms with E-state index in [9.17, 15) is 39.9 Å². The van der Waals surface area contributed by atoms with Crippen molar-refractivity contribution in [2.24, 2.45) is 0 Å². The summed E-state index contributed by atoms with van der Waals surface area (Å²) in [4.78, 5) is 35.7. The number of ether oxygens (including phenoxy) is 4. The van der Waals surface area contributed by atoms with Gasteiger partial charge in [0.25, 0.3) is 0 Å². The standard InChI is InChI=1S/C26H34N2O13/c1-10-6-18(33)38-15-7-13(4-5-14(10)15)37-25-20(28-12(3)32)23(36)24(17(9-30)40-25)41-26-19(27-11(2)31)22(35)21(34)16(8-29)39-26/h4-7,16-17,19-26,29-30,34-36H,8-9H2,1-3H3,(H,27,31)(H,28,32)/t16-,17-,19-,20-,21-,22-,23-,24-,25?,26+/m1/s1. The molecule has 1 aromatic carbocycles. The average Bonchev–Trinajstić information content (AvgIpc) is 2.90. The van der Waals surface area contributed by atoms with Crippen LogP contribution in [0.5, 0.6) is 5.75 Å². The molecule has 15 heteroatoms. The Morgan fingerprint density at radius 3 is 2.10 bits per heavy atom. The number of rotatable bonds is 8. The Balaban J connectivity index is 1.61. The molecule has 226 valence electrons. The summed E-state index contributed by atoms with van der Waals surface area (Å²) in [5.74, 6) is -0.985. The molecular formula is C26H34N2O13. The maximum absolute atomic E-state index is 12.1. The van der Waals surface area contributed by atoms with E-state index in [2.05, 4.69) is 10.6 Å². The van der Waals surface area contributed by atoms with Crippen LogP contribution in [0.3, 0.4) is 0 Å². The predicted octanol–water partition coefficient (Wildman–Crippen LogP) is -2.61. The number of amides is 2. The first-order valence-electron chi connectivity index (χ1n) is 12.9. The highest BCUT2D eigenvalue weighted by Gasteiger charge is 2.52. The van der Waals surface area contributed by atoms with Gasteiger partial charge in [-0.05, 0) is 24.6 Å². The highest BCUT2D eigenvalue weighted by molar-refractivity contribution is 5.81. The zero-order chi connectivity index (χ0) is 30.0. The van der Waals surface area contributed by atoms with Crippen LogP contribution in [0.15, 0.2) is 33.5 Å². The molecule has 0 spiro atoms. The zero-order valence-corrected chi connectivity index (χ0v) is 22.5. The maximum Gasteiger partial charge on any atom is 0.336 e. The van der Waals surface area contributed by atoms with Crippen LogP contribution in [0.25, 0.3) is 11.0 Å². The molecule has 2 aliphatic rings. The van der Waals surface area contributed by atoms with E-state index in [0.29, 0.717) is 10.9 Å². The second kappa shape index (κ2) is 12.8. The van der Waals surface area contributed by atoms with Crippen molar-refractivity contribution in [1.29, 1.82) is 0 Å². The maximum atomic E-state index is 12.1. The number of aliphatic hydroxyl groups is 5. The first-order chi connectivity index (χ1) is 19.4. The molecule has 2 aromatic rings. The van der Waals surface area contributed by atoms with Crippen LogP contribution >= 0.6 is 0 Å². The summed E-state index contributed by atoms with van der Waals surface area (Å²) in [6.45, 7) is 2.71. The molecule has 41 heavy (non-hydrogen) atoms. The van der Waals surface area contributed by atoms with Gasteiger partial charge in [0.15, 0.2) is 6.29 Å². The lowest BCUT2D eigenvalue weighted by atomic mass is 9.94. The topological polar surface area (TPSA) is 226 Å². The summed E-state index contributed by atoms with van der Waals surface area (Å²) in [6.07, 6.45) is -11.7. The molecule has 2 amide bonds. The van der Waals surface area contributed by atoms with Crippen molar-refractivity contribution in [1.82, 2.24) is 10.6 Å². The number of hydrogen-bond acceptors (Lipinski definition) is 13. The summed E-state index contributed by atoms with van der Waals surface area (Å²) < 4.78 is 28.5. The minimum absolute atomic E-state index is 0.166. The molecule has 15 nitrogen and oxygen atoms in total. The van der Waals surface area contributed by atoms with Crippen molar-refractivity contribution in [2.75, 3.05) is 13.2 Å². The lowest BCUT2D eigenvalue weighted by Gasteiger charge is -2.48. The first-order valence-corrected chi connectivity index (χ1v) is 12.9. The fourth-order valence-corrected chi connectivity index (χ4v) is 4.98. The van der Waals surface area contributed by atoms with E-state index in [1.807, 2.05) is 0 Å². The number of fused-ring (bicyclic) bond motifs is 1. The number of aliphatic hydroxyl groups excluding tert-OH is 5. The van der Waals surface area contributed by atoms with Crippen LogP contribution in [0.4, 0.5) is 0 Å². The van der Waals surface area contributed by atoms with E-state index in [1.54, 1.807) is 19.1 Å². The molecule has 10 atom stereocenters. The molecule has 0 saturated carbocycles. The number of aryl methyl sites for hydroxylation is 1. The first kappa shape index (κ1) is 30.8. The van der Waals surface area contributed by atoms with Crippen molar-refractivity contribution in [3.8, 4) is 5.75 Å². The number of benzene rings is 1. The van der Waals surface area contributed by atoms with Crippen LogP contribution in [-0.2, 0) is 23.8 Å². The summed E-state index contributed by atoms with van der Waals surface area (Å²) in [7, 11) is 0. The monoisotopic (exact) mass is 582 g/mol. The minimum atomic E-state index is -1.62. The highest BCUT2D eigenvalue weighted by atomic mass is 16.7. The Morgan fingerprint density at radius 1 is 0.878 bits per heavy atom. The number of hydrogen-bond donors (Lipinski definition) is 7. The molecule has 2 fully saturated rings. The van der Waals surface area contributed by atoms with Gasteiger partial charge in [0.2, 0.25) is 18.1 Å². The van der Waals surface area contributed by atoms with Gasteiger partial charge in [0.05, 0.1) is 13.2 Å². The van der Waals surface area contributed by atoms with E-state index >= 15 is 0 Å². The lowest BCUT2D eigenvalue weighted by molar-refractivity contribution is -0.325. The van der Waals surface area contributed by atoms with Crippen molar-refractivity contribution in [3.63, 3.8) is 0 Å². The predicted molar refractivity (Wildman–Crippen MR) is 137 cm³/mol. The van der Waals surface area contributed by atoms with Crippen molar-refractivity contribution >= 4 is 22.8 Å². The smallest absolute Gasteiger partial charge is 0.336 e. The third-order valence-electron chi connectivity index (χ3n) is 6.94. The third kappa shape index (κ3) is 6.68. The molecule has 2 aliphatic heterocycles. The molecule has 2 saturated heterocycles. The van der Waals surface area contributed by atoms with Crippen LogP contribution < -0.4 is 21.0 Å². The van der Waals surface area contributed by atoms with Crippen LogP contribution in [0.1, 0.15) is 19.4 Å². The molecule has 1 unspecified atom stereocenters. The largest absolute Gasteiger partial charge is 0.462 e. The Labute approximate surface area is 233 Å². The normalized spacial score (nSPS) is 33.8. The van der Waals surface area contributed by atoms with Gasteiger partial charge >= 0.3 is 5.63 Å². The molecule has 0 radical (unpaired) electrons. The molecule has 0 aliphatic carbocycles. The third-order valence-corrected chi connectivity index (χ3v) is 6.94. The molecule has 7 N–H and O–H groups in total. The Hall–Kier alpha value is -3.15. The molecule has 4 rings (SSSR count). The van der Waals surface area contributed by atoms with E-state index in [1.165, 1.54) is 19.1 Å². The zero-order valence-electron chi connectivity index (χ0n) is 22.5. The van der Waals surface area contributed by atoms with E-state index in [-0.39, 0.29) is 11.3 Å². The highest BCUT2D eigenvalue weighted by Crippen LogP contribution is 2.31. The van der Waals surface area contributed by atoms with Crippen molar-refractivity contribution in [2.45, 2.75) is 82.1 Å². The second-order valence-electron chi connectivity index (χ2n) is 10.0. The quantitative estimate of drug-likeness (QED) is 0.159. The Morgan fingerprint density at radius 2 is 1.49 bits per heavy atom. The number of nitrogens with one attached hydrogen (secondary N) is 2. The molecule has 1 aromatic heterocycles. The van der Waals surface area contributed by atoms with E-state index < -0.39 is 91.9 Å². The van der Waals surface area contributed by atoms with Crippen LogP contribution in [0.2, 0.25) is 0 Å². The summed E-state index contributed by atoms with van der Waals surface area (Å²) >= 11 is 0. The van der Waals surface area contributed by atoms with Gasteiger partial charge in [-0.15, -0.1) is 0 Å². The summed E-state index contributed by atoms with van der Waals surface area (Å²) in [5.41, 5.74) is 0.362. The Kier molecular flexibility index (Phi) is 9.61. The van der Waals surface area contributed by atoms with E-state index in [4.69, 9.17) is 23.4 Å². The minimum Gasteiger partial charge on any atom is -0.462 e. The Bertz CT molecular complexity index is 1300. The fourth-order valence-electron chi connectivity index (χ4n) is 4.98. The van der Waals surface area contributed by atoms with Gasteiger partial charge in [0, 0.05) is 31.4 Å². The van der Waals surface area contributed by atoms with E-state index in [0.717, 1.165) is 6.92 Å². The van der Waals surface area contributed by atoms with Gasteiger partial charge in [-0.1, -0.05) is 0 Å². The van der Waals surface area contributed by atoms with Crippen molar-refractivity contribution in [3.05, 3.63) is 40.2 Å². The summed E-state index contributed by atoms with van der Waals surface area (Å²) in [6, 6.07) is 3.41. The number of carbonyl (C=O) groups excluding carboxylic acids is 2. The lowest BCUT2D eigenvalue weighted by Crippen LogP contribution is -2.69. The van der Waals surface area contributed by atoms with Crippen molar-refractivity contribution < 1.29 is 58.5 Å². The molecular weight excluding hydrogens is 548 g/mol. The van der Waals surface area contributed by atoms with Gasteiger partial charge in [-0.25, -0.2) is 4.79 Å².